The van der Waals surface area contributed by atoms with Crippen LogP contribution < -0.4 is 5.73 Å². The Bertz CT molecular complexity index is 520. The standard InChI is InChI=1S/C11H11F2N3/c1-16-11(7(5-14)6-15-16)9-3-2-8(12)4-10(9)13/h2-4,6H,5,14H2,1H3. The molecule has 2 rings (SSSR count). The van der Waals surface area contributed by atoms with Gasteiger partial charge in [-0.2, -0.15) is 5.10 Å². The van der Waals surface area contributed by atoms with Gasteiger partial charge >= 0.3 is 0 Å². The molecule has 0 aliphatic heterocycles. The number of aryl methyl sites for hydroxylation is 1. The Morgan fingerprint density at radius 3 is 2.75 bits per heavy atom. The predicted molar refractivity (Wildman–Crippen MR) is 56.5 cm³/mol. The Hall–Kier alpha value is -1.75. The van der Waals surface area contributed by atoms with Gasteiger partial charge in [0.1, 0.15) is 11.6 Å². The maximum Gasteiger partial charge on any atom is 0.135 e. The van der Waals surface area contributed by atoms with Gasteiger partial charge in [-0.1, -0.05) is 0 Å². The molecule has 0 spiro atoms. The Morgan fingerprint density at radius 2 is 2.12 bits per heavy atom. The van der Waals surface area contributed by atoms with Crippen molar-refractivity contribution in [3.63, 3.8) is 0 Å². The monoisotopic (exact) mass is 223 g/mol. The molecule has 1 aromatic heterocycles. The van der Waals surface area contributed by atoms with Crippen LogP contribution in [0.4, 0.5) is 8.78 Å². The van der Waals surface area contributed by atoms with Crippen LogP contribution in [0.15, 0.2) is 24.4 Å². The van der Waals surface area contributed by atoms with E-state index in [1.807, 2.05) is 0 Å². The van der Waals surface area contributed by atoms with E-state index in [4.69, 9.17) is 5.73 Å². The zero-order valence-corrected chi connectivity index (χ0v) is 8.74. The van der Waals surface area contributed by atoms with E-state index in [1.54, 1.807) is 13.2 Å². The molecule has 0 bridgehead atoms. The van der Waals surface area contributed by atoms with E-state index >= 15 is 0 Å². The first-order chi connectivity index (χ1) is 7.63. The maximum atomic E-state index is 13.6. The second kappa shape index (κ2) is 4.02. The number of hydrogen-bond acceptors (Lipinski definition) is 2. The fourth-order valence-corrected chi connectivity index (χ4v) is 1.66. The van der Waals surface area contributed by atoms with Gasteiger partial charge in [0.2, 0.25) is 0 Å². The second-order valence-corrected chi connectivity index (χ2v) is 3.47. The van der Waals surface area contributed by atoms with Gasteiger partial charge in [-0.3, -0.25) is 4.68 Å². The number of aromatic nitrogens is 2. The lowest BCUT2D eigenvalue weighted by atomic mass is 10.1. The molecule has 0 fully saturated rings. The van der Waals surface area contributed by atoms with Crippen LogP contribution in [-0.4, -0.2) is 9.78 Å². The van der Waals surface area contributed by atoms with Crippen LogP contribution in [0.1, 0.15) is 5.56 Å². The molecule has 0 unspecified atom stereocenters. The van der Waals surface area contributed by atoms with E-state index in [1.165, 1.54) is 16.8 Å². The minimum absolute atomic E-state index is 0.264. The third-order valence-corrected chi connectivity index (χ3v) is 2.42. The molecule has 5 heteroatoms. The number of nitrogens with zero attached hydrogens (tertiary/aromatic N) is 2. The third kappa shape index (κ3) is 1.69. The van der Waals surface area contributed by atoms with Crippen LogP contribution >= 0.6 is 0 Å². The highest BCUT2D eigenvalue weighted by Gasteiger charge is 2.14. The molecule has 84 valence electrons. The van der Waals surface area contributed by atoms with Gasteiger partial charge in [-0.25, -0.2) is 8.78 Å². The van der Waals surface area contributed by atoms with E-state index in [2.05, 4.69) is 5.10 Å². The van der Waals surface area contributed by atoms with Crippen molar-refractivity contribution in [2.24, 2.45) is 12.8 Å². The molecular formula is C11H11F2N3. The molecule has 0 saturated carbocycles. The minimum Gasteiger partial charge on any atom is -0.326 e. The molecule has 0 radical (unpaired) electrons. The van der Waals surface area contributed by atoms with Crippen molar-refractivity contribution in [3.8, 4) is 11.3 Å². The SMILES string of the molecule is Cn1ncc(CN)c1-c1ccc(F)cc1F. The van der Waals surface area contributed by atoms with Crippen molar-refractivity contribution in [2.75, 3.05) is 0 Å². The Morgan fingerprint density at radius 1 is 1.38 bits per heavy atom. The minimum atomic E-state index is -0.613. The third-order valence-electron chi connectivity index (χ3n) is 2.42. The van der Waals surface area contributed by atoms with Gasteiger partial charge in [-0.15, -0.1) is 0 Å². The van der Waals surface area contributed by atoms with Crippen LogP contribution in [0.5, 0.6) is 0 Å². The highest BCUT2D eigenvalue weighted by atomic mass is 19.1. The molecule has 0 saturated heterocycles. The molecule has 0 atom stereocenters. The van der Waals surface area contributed by atoms with E-state index in [0.29, 0.717) is 11.3 Å². The summed E-state index contributed by atoms with van der Waals surface area (Å²) in [5.74, 6) is -1.21. The number of nitrogens with two attached hydrogens (primary N) is 1. The van der Waals surface area contributed by atoms with Gasteiger partial charge < -0.3 is 5.73 Å². The number of halogens is 2. The fraction of sp³-hybridized carbons (Fsp3) is 0.182. The predicted octanol–water partition coefficient (Wildman–Crippen LogP) is 1.82. The summed E-state index contributed by atoms with van der Waals surface area (Å²) in [6.07, 6.45) is 1.58. The van der Waals surface area contributed by atoms with Crippen LogP contribution in [0.3, 0.4) is 0 Å². The van der Waals surface area contributed by atoms with Crippen molar-refractivity contribution in [3.05, 3.63) is 41.6 Å². The molecule has 0 aliphatic rings. The van der Waals surface area contributed by atoms with Gasteiger partial charge in [0.15, 0.2) is 0 Å². The topological polar surface area (TPSA) is 43.8 Å². The van der Waals surface area contributed by atoms with Crippen LogP contribution in [0.2, 0.25) is 0 Å². The largest absolute Gasteiger partial charge is 0.326 e. The van der Waals surface area contributed by atoms with Crippen molar-refractivity contribution in [1.82, 2.24) is 9.78 Å². The summed E-state index contributed by atoms with van der Waals surface area (Å²) in [5, 5.41) is 4.00. The molecular weight excluding hydrogens is 212 g/mol. The summed E-state index contributed by atoms with van der Waals surface area (Å²) in [7, 11) is 1.69. The summed E-state index contributed by atoms with van der Waals surface area (Å²) < 4.78 is 27.9. The molecule has 16 heavy (non-hydrogen) atoms. The lowest BCUT2D eigenvalue weighted by Gasteiger charge is -2.06. The molecule has 2 N–H and O–H groups in total. The van der Waals surface area contributed by atoms with E-state index < -0.39 is 11.6 Å². The molecule has 0 amide bonds. The summed E-state index contributed by atoms with van der Waals surface area (Å²) in [4.78, 5) is 0. The molecule has 1 aromatic carbocycles. The summed E-state index contributed by atoms with van der Waals surface area (Å²) in [6, 6.07) is 3.45. The van der Waals surface area contributed by atoms with Gasteiger partial charge in [-0.05, 0) is 12.1 Å². The first-order valence-corrected chi connectivity index (χ1v) is 4.80. The van der Waals surface area contributed by atoms with Crippen LogP contribution in [-0.2, 0) is 13.6 Å². The molecule has 0 aliphatic carbocycles. The molecule has 2 aromatic rings. The number of hydrogen-bond donors (Lipinski definition) is 1. The van der Waals surface area contributed by atoms with Crippen molar-refractivity contribution in [2.45, 2.75) is 6.54 Å². The smallest absolute Gasteiger partial charge is 0.135 e. The average molecular weight is 223 g/mol. The Balaban J connectivity index is 2.62. The van der Waals surface area contributed by atoms with E-state index in [-0.39, 0.29) is 6.54 Å². The van der Waals surface area contributed by atoms with Crippen molar-refractivity contribution < 1.29 is 8.78 Å². The summed E-state index contributed by atoms with van der Waals surface area (Å²) in [5.41, 5.74) is 7.15. The maximum absolute atomic E-state index is 13.6. The van der Waals surface area contributed by atoms with Crippen molar-refractivity contribution >= 4 is 0 Å². The molecule has 3 nitrogen and oxygen atoms in total. The first kappa shape index (κ1) is 10.8. The zero-order valence-electron chi connectivity index (χ0n) is 8.74. The fourth-order valence-electron chi connectivity index (χ4n) is 1.66. The lowest BCUT2D eigenvalue weighted by molar-refractivity contribution is 0.584. The van der Waals surface area contributed by atoms with E-state index in [9.17, 15) is 8.78 Å². The Kier molecular flexibility index (Phi) is 2.70. The van der Waals surface area contributed by atoms with Gasteiger partial charge in [0, 0.05) is 30.8 Å². The van der Waals surface area contributed by atoms with E-state index in [0.717, 1.165) is 11.6 Å². The van der Waals surface area contributed by atoms with Crippen molar-refractivity contribution in [1.29, 1.82) is 0 Å². The quantitative estimate of drug-likeness (QED) is 0.844. The highest BCUT2D eigenvalue weighted by molar-refractivity contribution is 5.64. The normalized spacial score (nSPS) is 10.8. The van der Waals surface area contributed by atoms with Gasteiger partial charge in [0.25, 0.3) is 0 Å². The number of benzene rings is 1. The van der Waals surface area contributed by atoms with Gasteiger partial charge in [0.05, 0.1) is 11.9 Å². The highest BCUT2D eigenvalue weighted by Crippen LogP contribution is 2.26. The average Bonchev–Trinajstić information content (AvgIpc) is 2.60. The molecule has 1 heterocycles. The van der Waals surface area contributed by atoms with Crippen LogP contribution in [0, 0.1) is 11.6 Å². The number of rotatable bonds is 2. The second-order valence-electron chi connectivity index (χ2n) is 3.47. The summed E-state index contributed by atoms with van der Waals surface area (Å²) in [6.45, 7) is 0.264. The first-order valence-electron chi connectivity index (χ1n) is 4.80. The zero-order chi connectivity index (χ0) is 11.7. The summed E-state index contributed by atoms with van der Waals surface area (Å²) >= 11 is 0. The Labute approximate surface area is 91.5 Å². The lowest BCUT2D eigenvalue weighted by Crippen LogP contribution is -2.01. The van der Waals surface area contributed by atoms with Crippen LogP contribution in [0.25, 0.3) is 11.3 Å².